The number of hydrogen-bond donors (Lipinski definition) is 0. The van der Waals surface area contributed by atoms with Gasteiger partial charge in [-0.1, -0.05) is 0 Å². The van der Waals surface area contributed by atoms with E-state index in [9.17, 15) is 33.4 Å². The molecular formula is C12H13ClF3N4O4-. The van der Waals surface area contributed by atoms with E-state index in [0.717, 1.165) is 0 Å². The van der Waals surface area contributed by atoms with Crippen LogP contribution in [0, 0.1) is 20.2 Å². The van der Waals surface area contributed by atoms with E-state index < -0.39 is 33.0 Å². The quantitative estimate of drug-likeness (QED) is 0.515. The zero-order chi connectivity index (χ0) is 17.4. The van der Waals surface area contributed by atoms with Gasteiger partial charge in [-0.05, 0) is 7.05 Å². The number of anilines is 1. The zero-order valence-electron chi connectivity index (χ0n) is 12.4. The van der Waals surface area contributed by atoms with Gasteiger partial charge >= 0.3 is 6.18 Å². The molecule has 0 unspecified atom stereocenters. The van der Waals surface area contributed by atoms with E-state index in [1.807, 2.05) is 11.9 Å². The van der Waals surface area contributed by atoms with E-state index in [1.165, 1.54) is 4.90 Å². The van der Waals surface area contributed by atoms with Crippen LogP contribution >= 0.6 is 0 Å². The highest BCUT2D eigenvalue weighted by molar-refractivity contribution is 5.76. The van der Waals surface area contributed by atoms with Crippen LogP contribution in [0.25, 0.3) is 0 Å². The SMILES string of the molecule is CN1CCN(c2c([N+](=O)[O-])cc(C(F)(F)F)cc2[N+](=O)[O-])CC1.[Cl-]. The number of benzene rings is 1. The summed E-state index contributed by atoms with van der Waals surface area (Å²) in [5.41, 5.74) is -3.60. The number of rotatable bonds is 3. The lowest BCUT2D eigenvalue weighted by Gasteiger charge is -2.33. The van der Waals surface area contributed by atoms with Gasteiger partial charge in [0.25, 0.3) is 11.4 Å². The van der Waals surface area contributed by atoms with Crippen molar-refractivity contribution in [3.63, 3.8) is 0 Å². The smallest absolute Gasteiger partial charge is 0.416 e. The monoisotopic (exact) mass is 369 g/mol. The normalized spacial score (nSPS) is 15.8. The predicted molar refractivity (Wildman–Crippen MR) is 74.5 cm³/mol. The molecule has 8 nitrogen and oxygen atoms in total. The summed E-state index contributed by atoms with van der Waals surface area (Å²) in [6.07, 6.45) is -4.91. The Balaban J connectivity index is 0.00000288. The molecule has 1 aromatic carbocycles. The largest absolute Gasteiger partial charge is 1.00 e. The minimum atomic E-state index is -4.91. The highest BCUT2D eigenvalue weighted by atomic mass is 35.5. The molecule has 0 aromatic heterocycles. The number of halogens is 4. The third-order valence-electron chi connectivity index (χ3n) is 3.61. The molecule has 0 aliphatic carbocycles. The molecule has 0 N–H and O–H groups in total. The molecule has 0 saturated carbocycles. The maximum absolute atomic E-state index is 12.8. The molecule has 2 rings (SSSR count). The van der Waals surface area contributed by atoms with Gasteiger partial charge in [0.1, 0.15) is 0 Å². The molecule has 1 fully saturated rings. The first-order valence-electron chi connectivity index (χ1n) is 6.58. The maximum Gasteiger partial charge on any atom is 0.416 e. The average molecular weight is 370 g/mol. The van der Waals surface area contributed by atoms with Crippen molar-refractivity contribution in [2.24, 2.45) is 0 Å². The van der Waals surface area contributed by atoms with Crippen LogP contribution in [0.1, 0.15) is 5.56 Å². The van der Waals surface area contributed by atoms with Gasteiger partial charge in [0.2, 0.25) is 0 Å². The number of piperazine rings is 1. The van der Waals surface area contributed by atoms with Crippen LogP contribution in [-0.2, 0) is 6.18 Å². The average Bonchev–Trinajstić information content (AvgIpc) is 2.45. The van der Waals surface area contributed by atoms with Crippen molar-refractivity contribution in [1.29, 1.82) is 0 Å². The Morgan fingerprint density at radius 2 is 1.42 bits per heavy atom. The standard InChI is InChI=1S/C12H13F3N4O4.ClH/c1-16-2-4-17(5-3-16)11-9(18(20)21)6-8(12(13,14)15)7-10(11)19(22)23;/h6-7H,2-5H2,1H3;1H/p-1. The molecule has 0 amide bonds. The van der Waals surface area contributed by atoms with Gasteiger partial charge in [-0.15, -0.1) is 0 Å². The summed E-state index contributed by atoms with van der Waals surface area (Å²) in [5, 5.41) is 22.3. The minimum absolute atomic E-state index is 0. The Morgan fingerprint density at radius 1 is 1.00 bits per heavy atom. The lowest BCUT2D eigenvalue weighted by Crippen LogP contribution is -3.00. The van der Waals surface area contributed by atoms with Crippen molar-refractivity contribution in [1.82, 2.24) is 4.90 Å². The van der Waals surface area contributed by atoms with Crippen LogP contribution < -0.4 is 17.3 Å². The Labute approximate surface area is 140 Å². The van der Waals surface area contributed by atoms with E-state index in [1.54, 1.807) is 0 Å². The molecule has 1 aliphatic heterocycles. The molecule has 1 saturated heterocycles. The maximum atomic E-state index is 12.8. The summed E-state index contributed by atoms with van der Waals surface area (Å²) in [6.45, 7) is 1.50. The van der Waals surface area contributed by atoms with Crippen molar-refractivity contribution in [3.05, 3.63) is 37.9 Å². The highest BCUT2D eigenvalue weighted by Gasteiger charge is 2.39. The van der Waals surface area contributed by atoms with Gasteiger partial charge in [0, 0.05) is 38.3 Å². The van der Waals surface area contributed by atoms with Crippen LogP contribution in [-0.4, -0.2) is 48.0 Å². The predicted octanol–water partition coefficient (Wildman–Crippen LogP) is -0.722. The number of hydrogen-bond acceptors (Lipinski definition) is 6. The lowest BCUT2D eigenvalue weighted by atomic mass is 10.1. The molecule has 134 valence electrons. The van der Waals surface area contributed by atoms with Crippen molar-refractivity contribution in [2.75, 3.05) is 38.1 Å². The molecule has 0 radical (unpaired) electrons. The van der Waals surface area contributed by atoms with Crippen LogP contribution in [0.3, 0.4) is 0 Å². The fourth-order valence-corrected chi connectivity index (χ4v) is 2.40. The Bertz CT molecular complexity index is 613. The number of likely N-dealkylation sites (N-methyl/N-ethyl adjacent to an activating group) is 1. The van der Waals surface area contributed by atoms with Crippen molar-refractivity contribution >= 4 is 17.1 Å². The summed E-state index contributed by atoms with van der Waals surface area (Å²) in [7, 11) is 1.81. The third kappa shape index (κ3) is 4.03. The Morgan fingerprint density at radius 3 is 1.75 bits per heavy atom. The number of nitro groups is 2. The molecule has 0 bridgehead atoms. The molecule has 1 aromatic rings. The second-order valence-corrected chi connectivity index (χ2v) is 5.17. The van der Waals surface area contributed by atoms with E-state index in [4.69, 9.17) is 0 Å². The third-order valence-corrected chi connectivity index (χ3v) is 3.61. The Hall–Kier alpha value is -2.14. The molecule has 1 aliphatic rings. The van der Waals surface area contributed by atoms with Gasteiger partial charge in [0.05, 0.1) is 15.4 Å². The van der Waals surface area contributed by atoms with Gasteiger partial charge < -0.3 is 22.2 Å². The molecular weight excluding hydrogens is 357 g/mol. The van der Waals surface area contributed by atoms with Gasteiger partial charge in [0.15, 0.2) is 5.69 Å². The molecule has 24 heavy (non-hydrogen) atoms. The van der Waals surface area contributed by atoms with Crippen molar-refractivity contribution in [3.8, 4) is 0 Å². The second kappa shape index (κ2) is 7.18. The fourth-order valence-electron chi connectivity index (χ4n) is 2.40. The zero-order valence-corrected chi connectivity index (χ0v) is 13.2. The summed E-state index contributed by atoms with van der Waals surface area (Å²) in [5.74, 6) is 0. The summed E-state index contributed by atoms with van der Waals surface area (Å²) >= 11 is 0. The fraction of sp³-hybridized carbons (Fsp3) is 0.500. The van der Waals surface area contributed by atoms with Crippen LogP contribution in [0.2, 0.25) is 0 Å². The molecule has 0 atom stereocenters. The number of nitrogens with zero attached hydrogens (tertiary/aromatic N) is 4. The second-order valence-electron chi connectivity index (χ2n) is 5.17. The Kier molecular flexibility index (Phi) is 5.95. The molecule has 1 heterocycles. The van der Waals surface area contributed by atoms with Crippen LogP contribution in [0.4, 0.5) is 30.2 Å². The first-order valence-corrected chi connectivity index (χ1v) is 6.58. The summed E-state index contributed by atoms with van der Waals surface area (Å²) < 4.78 is 38.5. The van der Waals surface area contributed by atoms with E-state index in [2.05, 4.69) is 0 Å². The molecule has 0 spiro atoms. The highest BCUT2D eigenvalue weighted by Crippen LogP contribution is 2.43. The van der Waals surface area contributed by atoms with Gasteiger partial charge in [-0.25, -0.2) is 0 Å². The van der Waals surface area contributed by atoms with Gasteiger partial charge in [-0.3, -0.25) is 20.2 Å². The number of nitro benzene ring substituents is 2. The van der Waals surface area contributed by atoms with Gasteiger partial charge in [-0.2, -0.15) is 13.2 Å². The van der Waals surface area contributed by atoms with Crippen molar-refractivity contribution in [2.45, 2.75) is 6.18 Å². The first-order chi connectivity index (χ1) is 10.6. The lowest BCUT2D eigenvalue weighted by molar-refractivity contribution is -0.393. The first kappa shape index (κ1) is 19.9. The topological polar surface area (TPSA) is 92.8 Å². The van der Waals surface area contributed by atoms with E-state index >= 15 is 0 Å². The summed E-state index contributed by atoms with van der Waals surface area (Å²) in [4.78, 5) is 23.6. The van der Waals surface area contributed by atoms with Crippen molar-refractivity contribution < 1.29 is 35.4 Å². The van der Waals surface area contributed by atoms with E-state index in [-0.39, 0.29) is 31.2 Å². The summed E-state index contributed by atoms with van der Waals surface area (Å²) in [6, 6.07) is 0.696. The molecule has 12 heteroatoms. The van der Waals surface area contributed by atoms with E-state index in [0.29, 0.717) is 25.2 Å². The van der Waals surface area contributed by atoms with Crippen LogP contribution in [0.15, 0.2) is 12.1 Å². The van der Waals surface area contributed by atoms with Crippen LogP contribution in [0.5, 0.6) is 0 Å². The minimum Gasteiger partial charge on any atom is -1.00 e. The number of alkyl halides is 3.